The SMILES string of the molecule is NCC(=O)NCC(=O)Nc1cc(C(N)=O)c(F)cc1F. The second kappa shape index (κ2) is 6.57. The highest BCUT2D eigenvalue weighted by atomic mass is 19.1. The molecule has 20 heavy (non-hydrogen) atoms. The number of rotatable bonds is 5. The lowest BCUT2D eigenvalue weighted by Gasteiger charge is -2.09. The van der Waals surface area contributed by atoms with Crippen molar-refractivity contribution < 1.29 is 23.2 Å². The minimum atomic E-state index is -1.13. The Kier molecular flexibility index (Phi) is 5.09. The molecule has 0 heterocycles. The molecule has 1 aromatic carbocycles. The highest BCUT2D eigenvalue weighted by Crippen LogP contribution is 2.19. The molecule has 0 fully saturated rings. The second-order valence-electron chi connectivity index (χ2n) is 3.71. The molecule has 0 aliphatic carbocycles. The van der Waals surface area contributed by atoms with E-state index in [1.54, 1.807) is 0 Å². The van der Waals surface area contributed by atoms with Gasteiger partial charge in [-0.25, -0.2) is 8.78 Å². The van der Waals surface area contributed by atoms with Gasteiger partial charge in [-0.3, -0.25) is 14.4 Å². The Balaban J connectivity index is 2.82. The Bertz CT molecular complexity index is 563. The van der Waals surface area contributed by atoms with E-state index in [1.807, 2.05) is 0 Å². The molecule has 3 amide bonds. The van der Waals surface area contributed by atoms with Crippen molar-refractivity contribution in [1.82, 2.24) is 5.32 Å². The maximum Gasteiger partial charge on any atom is 0.251 e. The van der Waals surface area contributed by atoms with Crippen LogP contribution in [0.2, 0.25) is 0 Å². The lowest BCUT2D eigenvalue weighted by molar-refractivity contribution is -0.123. The first-order valence-electron chi connectivity index (χ1n) is 5.40. The van der Waals surface area contributed by atoms with Crippen LogP contribution in [0.1, 0.15) is 10.4 Å². The molecule has 108 valence electrons. The van der Waals surface area contributed by atoms with Crippen LogP contribution in [0, 0.1) is 11.6 Å². The van der Waals surface area contributed by atoms with Gasteiger partial charge in [0.05, 0.1) is 24.3 Å². The van der Waals surface area contributed by atoms with E-state index in [-0.39, 0.29) is 6.54 Å². The third-order valence-corrected chi connectivity index (χ3v) is 2.23. The summed E-state index contributed by atoms with van der Waals surface area (Å²) in [4.78, 5) is 33.1. The number of carbonyl (C=O) groups is 3. The van der Waals surface area contributed by atoms with Gasteiger partial charge in [0.1, 0.15) is 11.6 Å². The van der Waals surface area contributed by atoms with Gasteiger partial charge >= 0.3 is 0 Å². The molecule has 0 atom stereocenters. The molecule has 0 aliphatic rings. The van der Waals surface area contributed by atoms with E-state index in [9.17, 15) is 23.2 Å². The van der Waals surface area contributed by atoms with Gasteiger partial charge in [-0.15, -0.1) is 0 Å². The van der Waals surface area contributed by atoms with Gasteiger partial charge in [-0.05, 0) is 6.07 Å². The fourth-order valence-electron chi connectivity index (χ4n) is 1.28. The number of halogens is 2. The van der Waals surface area contributed by atoms with Crippen molar-refractivity contribution in [2.45, 2.75) is 0 Å². The van der Waals surface area contributed by atoms with Crippen LogP contribution in [0.5, 0.6) is 0 Å². The monoisotopic (exact) mass is 286 g/mol. The van der Waals surface area contributed by atoms with Crippen LogP contribution < -0.4 is 22.1 Å². The second-order valence-corrected chi connectivity index (χ2v) is 3.71. The normalized spacial score (nSPS) is 9.95. The van der Waals surface area contributed by atoms with E-state index in [0.717, 1.165) is 6.07 Å². The zero-order valence-electron chi connectivity index (χ0n) is 10.2. The molecule has 0 aromatic heterocycles. The summed E-state index contributed by atoms with van der Waals surface area (Å²) >= 11 is 0. The maximum absolute atomic E-state index is 13.4. The molecule has 0 saturated carbocycles. The van der Waals surface area contributed by atoms with Gasteiger partial charge in [-0.1, -0.05) is 0 Å². The fourth-order valence-corrected chi connectivity index (χ4v) is 1.28. The van der Waals surface area contributed by atoms with Crippen molar-refractivity contribution in [3.8, 4) is 0 Å². The average molecular weight is 286 g/mol. The summed E-state index contributed by atoms with van der Waals surface area (Å²) in [6, 6.07) is 1.20. The Labute approximate surface area is 112 Å². The molecule has 9 heteroatoms. The minimum Gasteiger partial charge on any atom is -0.366 e. The molecule has 7 nitrogen and oxygen atoms in total. The van der Waals surface area contributed by atoms with Crippen molar-refractivity contribution in [2.24, 2.45) is 11.5 Å². The third-order valence-electron chi connectivity index (χ3n) is 2.23. The van der Waals surface area contributed by atoms with Crippen LogP contribution in [0.15, 0.2) is 12.1 Å². The molecule has 0 radical (unpaired) electrons. The minimum absolute atomic E-state index is 0.302. The Morgan fingerprint density at radius 2 is 1.75 bits per heavy atom. The molecule has 0 aliphatic heterocycles. The summed E-state index contributed by atoms with van der Waals surface area (Å²) in [5, 5.41) is 4.22. The third kappa shape index (κ3) is 3.99. The number of hydrogen-bond acceptors (Lipinski definition) is 4. The first-order chi connectivity index (χ1) is 9.35. The van der Waals surface area contributed by atoms with E-state index in [1.165, 1.54) is 0 Å². The standard InChI is InChI=1S/C11H12F2N4O3/c12-6-2-7(13)8(1-5(6)11(15)20)17-10(19)4-16-9(18)3-14/h1-2H,3-4,14H2,(H2,15,20)(H,16,18)(H,17,19). The fraction of sp³-hybridized carbons (Fsp3) is 0.182. The van der Waals surface area contributed by atoms with Gasteiger partial charge in [0, 0.05) is 6.07 Å². The number of nitrogens with two attached hydrogens (primary N) is 2. The van der Waals surface area contributed by atoms with Gasteiger partial charge < -0.3 is 22.1 Å². The zero-order chi connectivity index (χ0) is 15.3. The van der Waals surface area contributed by atoms with E-state index in [0.29, 0.717) is 6.07 Å². The number of primary amides is 1. The smallest absolute Gasteiger partial charge is 0.251 e. The first-order valence-corrected chi connectivity index (χ1v) is 5.40. The van der Waals surface area contributed by atoms with E-state index >= 15 is 0 Å². The number of amides is 3. The highest BCUT2D eigenvalue weighted by Gasteiger charge is 2.15. The Morgan fingerprint density at radius 3 is 2.30 bits per heavy atom. The summed E-state index contributed by atoms with van der Waals surface area (Å²) < 4.78 is 26.6. The van der Waals surface area contributed by atoms with Crippen molar-refractivity contribution >= 4 is 23.4 Å². The molecular formula is C11H12F2N4O3. The molecule has 0 bridgehead atoms. The molecule has 1 aromatic rings. The Morgan fingerprint density at radius 1 is 1.10 bits per heavy atom. The summed E-state index contributed by atoms with van der Waals surface area (Å²) in [6.45, 7) is -0.747. The number of nitrogens with one attached hydrogen (secondary N) is 2. The zero-order valence-corrected chi connectivity index (χ0v) is 10.2. The highest BCUT2D eigenvalue weighted by molar-refractivity contribution is 5.98. The van der Waals surface area contributed by atoms with Crippen LogP contribution in [0.25, 0.3) is 0 Å². The number of benzene rings is 1. The molecule has 0 spiro atoms. The predicted octanol–water partition coefficient (Wildman–Crippen LogP) is -0.923. The lowest BCUT2D eigenvalue weighted by atomic mass is 10.1. The summed E-state index contributed by atoms with van der Waals surface area (Å²) in [5.41, 5.74) is 8.92. The Hall–Kier alpha value is -2.55. The molecule has 1 rings (SSSR count). The van der Waals surface area contributed by atoms with Crippen molar-refractivity contribution in [2.75, 3.05) is 18.4 Å². The van der Waals surface area contributed by atoms with Crippen molar-refractivity contribution in [3.63, 3.8) is 0 Å². The van der Waals surface area contributed by atoms with E-state index < -0.39 is 47.2 Å². The van der Waals surface area contributed by atoms with Gasteiger partial charge in [0.15, 0.2) is 0 Å². The number of anilines is 1. The average Bonchev–Trinajstić information content (AvgIpc) is 2.38. The quantitative estimate of drug-likeness (QED) is 0.558. The van der Waals surface area contributed by atoms with Crippen molar-refractivity contribution in [1.29, 1.82) is 0 Å². The van der Waals surface area contributed by atoms with Crippen LogP contribution in [-0.2, 0) is 9.59 Å². The van der Waals surface area contributed by atoms with E-state index in [2.05, 4.69) is 10.6 Å². The van der Waals surface area contributed by atoms with Crippen LogP contribution in [0.4, 0.5) is 14.5 Å². The summed E-state index contributed by atoms with van der Waals surface area (Å²) in [6.07, 6.45) is 0. The van der Waals surface area contributed by atoms with Crippen LogP contribution in [0.3, 0.4) is 0 Å². The molecular weight excluding hydrogens is 274 g/mol. The number of hydrogen-bond donors (Lipinski definition) is 4. The summed E-state index contributed by atoms with van der Waals surface area (Å²) in [5.74, 6) is -4.66. The largest absolute Gasteiger partial charge is 0.366 e. The maximum atomic E-state index is 13.4. The summed E-state index contributed by atoms with van der Waals surface area (Å²) in [7, 11) is 0. The molecule has 6 N–H and O–H groups in total. The van der Waals surface area contributed by atoms with Gasteiger partial charge in [0.2, 0.25) is 11.8 Å². The van der Waals surface area contributed by atoms with Crippen LogP contribution >= 0.6 is 0 Å². The van der Waals surface area contributed by atoms with E-state index in [4.69, 9.17) is 11.5 Å². The molecule has 0 unspecified atom stereocenters. The van der Waals surface area contributed by atoms with Crippen LogP contribution in [-0.4, -0.2) is 30.8 Å². The number of carbonyl (C=O) groups excluding carboxylic acids is 3. The lowest BCUT2D eigenvalue weighted by Crippen LogP contribution is -2.36. The van der Waals surface area contributed by atoms with Gasteiger partial charge in [-0.2, -0.15) is 0 Å². The predicted molar refractivity (Wildman–Crippen MR) is 65.6 cm³/mol. The van der Waals surface area contributed by atoms with Gasteiger partial charge in [0.25, 0.3) is 5.91 Å². The molecule has 0 saturated heterocycles. The first kappa shape index (κ1) is 15.5. The van der Waals surface area contributed by atoms with Crippen molar-refractivity contribution in [3.05, 3.63) is 29.3 Å². The topological polar surface area (TPSA) is 127 Å².